The summed E-state index contributed by atoms with van der Waals surface area (Å²) in [6.07, 6.45) is 3.03. The number of carbonyl (C=O) groups is 1. The van der Waals surface area contributed by atoms with Crippen LogP contribution in [0.25, 0.3) is 33.1 Å². The monoisotopic (exact) mass is 406 g/mol. The lowest BCUT2D eigenvalue weighted by atomic mass is 9.89. The van der Waals surface area contributed by atoms with Gasteiger partial charge in [-0.2, -0.15) is 0 Å². The summed E-state index contributed by atoms with van der Waals surface area (Å²) in [7, 11) is 0. The molecule has 4 aromatic rings. The molecule has 1 aliphatic carbocycles. The summed E-state index contributed by atoms with van der Waals surface area (Å²) in [5, 5.41) is 9.74. The van der Waals surface area contributed by atoms with E-state index in [1.165, 1.54) is 17.0 Å². The fourth-order valence-electron chi connectivity index (χ4n) is 3.86. The van der Waals surface area contributed by atoms with Gasteiger partial charge in [0.05, 0.1) is 10.9 Å². The normalized spacial score (nSPS) is 16.1. The molecule has 1 unspecified atom stereocenters. The van der Waals surface area contributed by atoms with Crippen LogP contribution in [-0.4, -0.2) is 21.0 Å². The van der Waals surface area contributed by atoms with Gasteiger partial charge in [-0.05, 0) is 55.0 Å². The van der Waals surface area contributed by atoms with Crippen molar-refractivity contribution in [1.82, 2.24) is 9.97 Å². The minimum absolute atomic E-state index is 0.124. The number of thiophene rings is 1. The number of H-pyrrole nitrogens is 1. The third-order valence-electron chi connectivity index (χ3n) is 5.42. The summed E-state index contributed by atoms with van der Waals surface area (Å²) in [6, 6.07) is 10.0. The predicted octanol–water partition coefficient (Wildman–Crippen LogP) is 4.73. The molecule has 1 atom stereocenters. The van der Waals surface area contributed by atoms with E-state index in [0.717, 1.165) is 40.6 Å². The number of nitrogens with zero attached hydrogens (tertiary/aromatic N) is 1. The van der Waals surface area contributed by atoms with Gasteiger partial charge in [0.2, 0.25) is 0 Å². The summed E-state index contributed by atoms with van der Waals surface area (Å²) >= 11 is 1.61. The largest absolute Gasteiger partial charge is 0.478 e. The Bertz CT molecular complexity index is 1300. The molecule has 2 N–H and O–H groups in total. The van der Waals surface area contributed by atoms with Gasteiger partial charge in [-0.15, -0.1) is 11.3 Å². The van der Waals surface area contributed by atoms with E-state index in [0.29, 0.717) is 23.3 Å². The quantitative estimate of drug-likeness (QED) is 0.512. The number of rotatable bonds is 3. The second kappa shape index (κ2) is 6.70. The van der Waals surface area contributed by atoms with Crippen LogP contribution in [0.4, 0.5) is 0 Å². The van der Waals surface area contributed by atoms with E-state index in [4.69, 9.17) is 9.52 Å². The van der Waals surface area contributed by atoms with Gasteiger partial charge < -0.3 is 14.5 Å². The fourth-order valence-corrected chi connectivity index (χ4v) is 5.25. The molecule has 1 aromatic carbocycles. The molecule has 0 saturated carbocycles. The number of furan rings is 1. The number of carboxylic acids is 1. The first-order valence-electron chi connectivity index (χ1n) is 9.48. The van der Waals surface area contributed by atoms with Crippen LogP contribution >= 0.6 is 11.3 Å². The highest BCUT2D eigenvalue weighted by Gasteiger charge is 2.23. The van der Waals surface area contributed by atoms with Crippen LogP contribution < -0.4 is 5.56 Å². The minimum atomic E-state index is -0.972. The van der Waals surface area contributed by atoms with Crippen LogP contribution in [0.15, 0.2) is 45.6 Å². The van der Waals surface area contributed by atoms with E-state index in [1.54, 1.807) is 35.6 Å². The van der Waals surface area contributed by atoms with E-state index < -0.39 is 5.97 Å². The highest BCUT2D eigenvalue weighted by Crippen LogP contribution is 2.36. The molecule has 6 nitrogen and oxygen atoms in total. The molecule has 29 heavy (non-hydrogen) atoms. The van der Waals surface area contributed by atoms with Crippen LogP contribution in [0.2, 0.25) is 0 Å². The van der Waals surface area contributed by atoms with Crippen LogP contribution in [0.5, 0.6) is 0 Å². The average Bonchev–Trinajstić information content (AvgIpc) is 3.32. The Balaban J connectivity index is 1.53. The molecule has 7 heteroatoms. The summed E-state index contributed by atoms with van der Waals surface area (Å²) in [5.41, 5.74) is 2.00. The standard InChI is InChI=1S/C22H18N2O4S/c1-11-2-7-14-17(10-11)29-21-18(14)20(25)23-19(24-21)16-9-8-15(28-16)12-3-5-13(6-4-12)22(26)27/h3-6,8-9,11H,2,7,10H2,1H3,(H,26,27)(H,23,24,25). The zero-order chi connectivity index (χ0) is 20.1. The number of hydrogen-bond donors (Lipinski definition) is 2. The van der Waals surface area contributed by atoms with Crippen molar-refractivity contribution in [2.75, 3.05) is 0 Å². The molecule has 0 amide bonds. The van der Waals surface area contributed by atoms with Gasteiger partial charge in [-0.1, -0.05) is 19.1 Å². The zero-order valence-corrected chi connectivity index (χ0v) is 16.5. The molecule has 0 bridgehead atoms. The number of benzene rings is 1. The predicted molar refractivity (Wildman–Crippen MR) is 112 cm³/mol. The minimum Gasteiger partial charge on any atom is -0.478 e. The molecule has 0 aliphatic heterocycles. The molecule has 3 heterocycles. The third kappa shape index (κ3) is 3.07. The van der Waals surface area contributed by atoms with Crippen molar-refractivity contribution < 1.29 is 14.3 Å². The summed E-state index contributed by atoms with van der Waals surface area (Å²) < 4.78 is 5.90. The Hall–Kier alpha value is -3.19. The van der Waals surface area contributed by atoms with Crippen molar-refractivity contribution in [2.24, 2.45) is 5.92 Å². The maximum Gasteiger partial charge on any atom is 0.335 e. The van der Waals surface area contributed by atoms with Gasteiger partial charge in [0.1, 0.15) is 10.6 Å². The smallest absolute Gasteiger partial charge is 0.335 e. The number of hydrogen-bond acceptors (Lipinski definition) is 5. The Morgan fingerprint density at radius 1 is 1.21 bits per heavy atom. The molecule has 3 aromatic heterocycles. The summed E-state index contributed by atoms with van der Waals surface area (Å²) in [6.45, 7) is 2.24. The molecule has 146 valence electrons. The van der Waals surface area contributed by atoms with Crippen molar-refractivity contribution in [1.29, 1.82) is 0 Å². The van der Waals surface area contributed by atoms with Crippen molar-refractivity contribution in [3.8, 4) is 22.9 Å². The van der Waals surface area contributed by atoms with Crippen molar-refractivity contribution in [3.63, 3.8) is 0 Å². The summed E-state index contributed by atoms with van der Waals surface area (Å²) in [4.78, 5) is 33.4. The van der Waals surface area contributed by atoms with Crippen LogP contribution in [0.1, 0.15) is 34.1 Å². The molecule has 0 saturated heterocycles. The Morgan fingerprint density at radius 3 is 2.72 bits per heavy atom. The lowest BCUT2D eigenvalue weighted by Gasteiger charge is -2.17. The number of nitrogens with one attached hydrogen (secondary N) is 1. The van der Waals surface area contributed by atoms with Crippen molar-refractivity contribution in [3.05, 3.63) is 62.8 Å². The molecule has 0 radical (unpaired) electrons. The van der Waals surface area contributed by atoms with Gasteiger partial charge in [0, 0.05) is 10.4 Å². The second-order valence-electron chi connectivity index (χ2n) is 7.49. The van der Waals surface area contributed by atoms with Crippen LogP contribution in [0.3, 0.4) is 0 Å². The fraction of sp³-hybridized carbons (Fsp3) is 0.227. The highest BCUT2D eigenvalue weighted by molar-refractivity contribution is 7.18. The van der Waals surface area contributed by atoms with Crippen LogP contribution in [0, 0.1) is 5.92 Å². The first-order valence-corrected chi connectivity index (χ1v) is 10.3. The van der Waals surface area contributed by atoms with Gasteiger partial charge in [-0.25, -0.2) is 9.78 Å². The van der Waals surface area contributed by atoms with E-state index in [9.17, 15) is 9.59 Å². The third-order valence-corrected chi connectivity index (χ3v) is 6.57. The Labute approximate surface area is 169 Å². The van der Waals surface area contributed by atoms with Gasteiger partial charge in [0.25, 0.3) is 5.56 Å². The number of carboxylic acid groups (broad SMARTS) is 1. The maximum atomic E-state index is 12.8. The van der Waals surface area contributed by atoms with Crippen molar-refractivity contribution in [2.45, 2.75) is 26.2 Å². The molecular formula is C22H18N2O4S. The lowest BCUT2D eigenvalue weighted by Crippen LogP contribution is -2.13. The Kier molecular flexibility index (Phi) is 4.13. The van der Waals surface area contributed by atoms with Crippen molar-refractivity contribution >= 4 is 27.5 Å². The first kappa shape index (κ1) is 17.9. The van der Waals surface area contributed by atoms with E-state index in [2.05, 4.69) is 16.9 Å². The maximum absolute atomic E-state index is 12.8. The summed E-state index contributed by atoms with van der Waals surface area (Å²) in [5.74, 6) is 1.12. The number of aromatic carboxylic acids is 1. The topological polar surface area (TPSA) is 96.2 Å². The first-order chi connectivity index (χ1) is 14.0. The average molecular weight is 406 g/mol. The number of aryl methyl sites for hydroxylation is 1. The SMILES string of the molecule is CC1CCc2c(sc3nc(-c4ccc(-c5ccc(C(=O)O)cc5)o4)[nH]c(=O)c23)C1. The lowest BCUT2D eigenvalue weighted by molar-refractivity contribution is 0.0697. The number of aromatic nitrogens is 2. The van der Waals surface area contributed by atoms with E-state index in [1.807, 2.05) is 0 Å². The molecule has 0 spiro atoms. The molecular weight excluding hydrogens is 388 g/mol. The Morgan fingerprint density at radius 2 is 1.97 bits per heavy atom. The van der Waals surface area contributed by atoms with Crippen LogP contribution in [-0.2, 0) is 12.8 Å². The number of aromatic amines is 1. The number of fused-ring (bicyclic) bond motifs is 3. The molecule has 5 rings (SSSR count). The second-order valence-corrected chi connectivity index (χ2v) is 8.58. The molecule has 0 fully saturated rings. The zero-order valence-electron chi connectivity index (χ0n) is 15.7. The van der Waals surface area contributed by atoms with Gasteiger partial charge >= 0.3 is 5.97 Å². The van der Waals surface area contributed by atoms with E-state index >= 15 is 0 Å². The highest BCUT2D eigenvalue weighted by atomic mass is 32.1. The van der Waals surface area contributed by atoms with Gasteiger partial charge in [0.15, 0.2) is 11.6 Å². The van der Waals surface area contributed by atoms with E-state index in [-0.39, 0.29) is 11.1 Å². The molecule has 1 aliphatic rings. The van der Waals surface area contributed by atoms with Gasteiger partial charge in [-0.3, -0.25) is 4.79 Å².